The molecule has 0 aliphatic carbocycles. The number of hydrogen-bond donors (Lipinski definition) is 2. The van der Waals surface area contributed by atoms with E-state index in [2.05, 4.69) is 26.2 Å². The molecule has 0 spiro atoms. The van der Waals surface area contributed by atoms with E-state index in [9.17, 15) is 9.36 Å². The lowest BCUT2D eigenvalue weighted by Gasteiger charge is -2.11. The Morgan fingerprint density at radius 1 is 1.21 bits per heavy atom. The summed E-state index contributed by atoms with van der Waals surface area (Å²) in [5.74, 6) is -0.195. The number of aromatic nitrogens is 1. The zero-order valence-corrected chi connectivity index (χ0v) is 18.2. The summed E-state index contributed by atoms with van der Waals surface area (Å²) in [6.07, 6.45) is 6.94. The average Bonchev–Trinajstić information content (AvgIpc) is 3.27. The molecule has 0 saturated carbocycles. The van der Waals surface area contributed by atoms with Gasteiger partial charge < -0.3 is 14.4 Å². The number of carbonyl (C=O) groups is 1. The monoisotopic (exact) mass is 474 g/mol. The first-order valence-electron chi connectivity index (χ1n) is 8.71. The van der Waals surface area contributed by atoms with Crippen LogP contribution in [0.1, 0.15) is 5.56 Å². The number of anilines is 1. The van der Waals surface area contributed by atoms with E-state index >= 15 is 0 Å². The van der Waals surface area contributed by atoms with E-state index in [0.717, 1.165) is 22.4 Å². The summed E-state index contributed by atoms with van der Waals surface area (Å²) >= 11 is 3.46. The van der Waals surface area contributed by atoms with Gasteiger partial charge in [0.1, 0.15) is 5.70 Å². The van der Waals surface area contributed by atoms with Crippen molar-refractivity contribution in [2.75, 3.05) is 19.5 Å². The molecule has 4 rings (SSSR count). The number of nitrogens with zero attached hydrogens (tertiary/aromatic N) is 1. The first kappa shape index (κ1) is 19.9. The highest BCUT2D eigenvalue weighted by Gasteiger charge is 2.37. The Balaban J connectivity index is 1.65. The van der Waals surface area contributed by atoms with Crippen LogP contribution in [0.4, 0.5) is 5.69 Å². The Hall–Kier alpha value is -2.35. The largest absolute Gasteiger partial charge is 0.413 e. The first-order chi connectivity index (χ1) is 13.9. The predicted molar refractivity (Wildman–Crippen MR) is 114 cm³/mol. The van der Waals surface area contributed by atoms with Gasteiger partial charge in [0.2, 0.25) is 5.44 Å². The molecule has 2 aromatic rings. The number of fused-ring (bicyclic) bond motifs is 1. The van der Waals surface area contributed by atoms with Crippen molar-refractivity contribution in [2.45, 2.75) is 0 Å². The summed E-state index contributed by atoms with van der Waals surface area (Å²) in [5.41, 5.74) is 5.15. The summed E-state index contributed by atoms with van der Waals surface area (Å²) in [6.45, 7) is 0. The molecule has 29 heavy (non-hydrogen) atoms. The van der Waals surface area contributed by atoms with Gasteiger partial charge in [-0.05, 0) is 33.6 Å². The van der Waals surface area contributed by atoms with E-state index in [1.54, 1.807) is 29.9 Å². The second kappa shape index (κ2) is 7.82. The average molecular weight is 475 g/mol. The summed E-state index contributed by atoms with van der Waals surface area (Å²) < 4.78 is 23.4. The zero-order valence-electron chi connectivity index (χ0n) is 15.7. The molecule has 9 heteroatoms. The summed E-state index contributed by atoms with van der Waals surface area (Å²) in [6, 6.07) is 9.64. The first-order valence-corrected chi connectivity index (χ1v) is 11.0. The number of carbonyl (C=O) groups excluding carboxylic acids is 1. The van der Waals surface area contributed by atoms with Gasteiger partial charge in [0.15, 0.2) is 0 Å². The van der Waals surface area contributed by atoms with Gasteiger partial charge in [-0.1, -0.05) is 18.2 Å². The maximum atomic E-state index is 12.6. The Bertz CT molecular complexity index is 1130. The zero-order chi connectivity index (χ0) is 20.6. The number of benzene rings is 1. The third kappa shape index (κ3) is 3.66. The molecule has 7 nitrogen and oxygen atoms in total. The summed E-state index contributed by atoms with van der Waals surface area (Å²) in [7, 11) is -0.698. The molecular formula is C20H18BrN3O4P+. The number of rotatable bonds is 5. The highest BCUT2D eigenvalue weighted by atomic mass is 79.9. The quantitative estimate of drug-likeness (QED) is 0.510. The molecule has 0 unspecified atom stereocenters. The van der Waals surface area contributed by atoms with E-state index in [4.69, 9.17) is 9.05 Å². The molecule has 0 atom stereocenters. The van der Waals surface area contributed by atoms with Crippen molar-refractivity contribution in [3.63, 3.8) is 0 Å². The van der Waals surface area contributed by atoms with Crippen LogP contribution in [0, 0.1) is 0 Å². The standard InChI is InChI=1S/C20H17BrN3O4P/c1-27-29(26,28-2)19-10-16(21)18(23-19)9-15-14-6-5-12(8-17(14)24-20(15)25)13-4-3-7-22-11-13/h3-11,23H,1-2H3,(H,24,25)/p+1/b15-9-. The molecule has 1 aromatic heterocycles. The molecule has 0 saturated heterocycles. The normalized spacial score (nSPS) is 17.6. The van der Waals surface area contributed by atoms with E-state index < -0.39 is 7.60 Å². The van der Waals surface area contributed by atoms with Gasteiger partial charge in [0.05, 0.1) is 10.1 Å². The lowest BCUT2D eigenvalue weighted by Crippen LogP contribution is -2.78. The molecule has 3 N–H and O–H groups in total. The van der Waals surface area contributed by atoms with E-state index in [1.807, 2.05) is 30.3 Å². The van der Waals surface area contributed by atoms with Gasteiger partial charge in [0, 0.05) is 55.6 Å². The van der Waals surface area contributed by atoms with Crippen LogP contribution in [-0.4, -0.2) is 25.1 Å². The van der Waals surface area contributed by atoms with E-state index in [0.29, 0.717) is 21.2 Å². The van der Waals surface area contributed by atoms with Crippen molar-refractivity contribution in [1.29, 1.82) is 0 Å². The number of nitrogens with two attached hydrogens (primary N) is 1. The number of nitrogens with one attached hydrogen (secondary N) is 1. The molecule has 1 amide bonds. The van der Waals surface area contributed by atoms with Gasteiger partial charge >= 0.3 is 7.60 Å². The molecule has 1 aromatic carbocycles. The minimum atomic E-state index is -3.37. The Morgan fingerprint density at radius 2 is 2.00 bits per heavy atom. The van der Waals surface area contributed by atoms with E-state index in [-0.39, 0.29) is 5.91 Å². The highest BCUT2D eigenvalue weighted by molar-refractivity contribution is 9.11. The van der Waals surface area contributed by atoms with Crippen LogP contribution in [-0.2, 0) is 18.4 Å². The number of allylic oxidation sites excluding steroid dienone is 3. The van der Waals surface area contributed by atoms with Crippen LogP contribution >= 0.6 is 23.5 Å². The van der Waals surface area contributed by atoms with Crippen LogP contribution in [0.25, 0.3) is 16.7 Å². The number of quaternary nitrogens is 1. The Kier molecular flexibility index (Phi) is 5.38. The second-order valence-electron chi connectivity index (χ2n) is 6.39. The molecule has 2 aliphatic rings. The molecule has 148 valence electrons. The third-order valence-electron chi connectivity index (χ3n) is 4.75. The van der Waals surface area contributed by atoms with Gasteiger partial charge in [-0.25, -0.2) is 4.57 Å². The highest BCUT2D eigenvalue weighted by Crippen LogP contribution is 2.53. The van der Waals surface area contributed by atoms with Crippen LogP contribution in [0.5, 0.6) is 0 Å². The van der Waals surface area contributed by atoms with Crippen molar-refractivity contribution in [2.24, 2.45) is 0 Å². The molecule has 3 heterocycles. The van der Waals surface area contributed by atoms with Crippen molar-refractivity contribution < 1.29 is 23.7 Å². The molecule has 2 aliphatic heterocycles. The maximum Gasteiger partial charge on any atom is 0.413 e. The van der Waals surface area contributed by atoms with Crippen LogP contribution in [0.3, 0.4) is 0 Å². The van der Waals surface area contributed by atoms with Crippen molar-refractivity contribution in [3.05, 3.63) is 76.1 Å². The smallest absolute Gasteiger partial charge is 0.321 e. The van der Waals surface area contributed by atoms with Gasteiger partial charge in [-0.3, -0.25) is 15.1 Å². The molecular weight excluding hydrogens is 457 g/mol. The number of pyridine rings is 1. The molecule has 0 fully saturated rings. The fourth-order valence-corrected chi connectivity index (χ4v) is 5.05. The summed E-state index contributed by atoms with van der Waals surface area (Å²) in [4.78, 5) is 16.7. The molecule has 0 radical (unpaired) electrons. The van der Waals surface area contributed by atoms with Crippen molar-refractivity contribution >= 4 is 40.7 Å². The lowest BCUT2D eigenvalue weighted by molar-refractivity contribution is -0.536. The summed E-state index contributed by atoms with van der Waals surface area (Å²) in [5, 5.41) is 4.60. The third-order valence-corrected chi connectivity index (χ3v) is 7.29. The van der Waals surface area contributed by atoms with Crippen molar-refractivity contribution in [1.82, 2.24) is 4.98 Å². The fraction of sp³-hybridized carbons (Fsp3) is 0.100. The fourth-order valence-electron chi connectivity index (χ4n) is 3.24. The maximum absolute atomic E-state index is 12.6. The van der Waals surface area contributed by atoms with Crippen LogP contribution in [0.2, 0.25) is 0 Å². The number of hydrogen-bond acceptors (Lipinski definition) is 5. The lowest BCUT2D eigenvalue weighted by atomic mass is 10.0. The number of halogens is 1. The second-order valence-corrected chi connectivity index (χ2v) is 9.49. The minimum absolute atomic E-state index is 0.195. The number of amides is 1. The van der Waals surface area contributed by atoms with Crippen molar-refractivity contribution in [3.8, 4) is 11.1 Å². The Morgan fingerprint density at radius 3 is 2.69 bits per heavy atom. The van der Waals surface area contributed by atoms with Crippen LogP contribution in [0.15, 0.2) is 70.5 Å². The predicted octanol–water partition coefficient (Wildman–Crippen LogP) is 3.59. The van der Waals surface area contributed by atoms with Gasteiger partial charge in [0.25, 0.3) is 5.91 Å². The van der Waals surface area contributed by atoms with E-state index in [1.165, 1.54) is 14.2 Å². The van der Waals surface area contributed by atoms with Gasteiger partial charge in [-0.2, -0.15) is 0 Å². The SMILES string of the molecule is COP(=O)(OC)C1=CC(Br)=C(/C=C2\C(=O)Nc3cc(-c4cccnc4)ccc32)[NH2+]1. The Labute approximate surface area is 176 Å². The minimum Gasteiger partial charge on any atom is -0.321 e. The molecule has 0 bridgehead atoms. The topological polar surface area (TPSA) is 94.1 Å². The van der Waals surface area contributed by atoms with Gasteiger partial charge in [-0.15, -0.1) is 0 Å². The van der Waals surface area contributed by atoms with Crippen LogP contribution < -0.4 is 10.6 Å².